The molecule has 0 saturated heterocycles. The van der Waals surface area contributed by atoms with Gasteiger partial charge in [0.2, 0.25) is 0 Å². The second kappa shape index (κ2) is 7.38. The molecular weight excluding hydrogens is 373 g/mol. The Bertz CT molecular complexity index is 966. The summed E-state index contributed by atoms with van der Waals surface area (Å²) in [7, 11) is 1.57. The lowest BCUT2D eigenvalue weighted by Gasteiger charge is -2.34. The fraction of sp³-hybridized carbons (Fsp3) is 0.389. The molecular formula is C18H19ClFN5O2. The molecule has 9 heteroatoms. The average molecular weight is 392 g/mol. The van der Waals surface area contributed by atoms with Gasteiger partial charge in [0.05, 0.1) is 23.4 Å². The van der Waals surface area contributed by atoms with E-state index in [4.69, 9.17) is 16.3 Å². The Morgan fingerprint density at radius 2 is 2.19 bits per heavy atom. The number of aromatic nitrogens is 4. The Morgan fingerprint density at radius 1 is 1.33 bits per heavy atom. The van der Waals surface area contributed by atoms with Crippen molar-refractivity contribution in [3.05, 3.63) is 35.5 Å². The molecule has 4 rings (SSSR count). The van der Waals surface area contributed by atoms with E-state index in [2.05, 4.69) is 25.3 Å². The summed E-state index contributed by atoms with van der Waals surface area (Å²) in [4.78, 5) is 15.7. The van der Waals surface area contributed by atoms with E-state index < -0.39 is 11.9 Å². The number of hydrogen-bond acceptors (Lipinski definition) is 6. The summed E-state index contributed by atoms with van der Waals surface area (Å²) in [6.07, 6.45) is 5.70. The Hall–Kier alpha value is -2.29. The zero-order valence-electron chi connectivity index (χ0n) is 14.6. The van der Waals surface area contributed by atoms with Gasteiger partial charge in [-0.25, -0.2) is 19.3 Å². The van der Waals surface area contributed by atoms with Crippen LogP contribution in [0, 0.1) is 5.82 Å². The van der Waals surface area contributed by atoms with Crippen molar-refractivity contribution in [1.29, 1.82) is 0 Å². The van der Waals surface area contributed by atoms with Crippen LogP contribution in [-0.2, 0) is 4.74 Å². The first-order valence-corrected chi connectivity index (χ1v) is 9.07. The van der Waals surface area contributed by atoms with Gasteiger partial charge >= 0.3 is 0 Å². The van der Waals surface area contributed by atoms with Crippen LogP contribution >= 0.6 is 11.6 Å². The van der Waals surface area contributed by atoms with Gasteiger partial charge in [-0.05, 0) is 25.3 Å². The molecule has 0 spiro atoms. The quantitative estimate of drug-likeness (QED) is 0.632. The number of fused-ring (bicyclic) bond motifs is 1. The summed E-state index contributed by atoms with van der Waals surface area (Å²) < 4.78 is 19.6. The maximum Gasteiger partial charge on any atom is 0.183 e. The lowest BCUT2D eigenvalue weighted by molar-refractivity contribution is -0.0421. The average Bonchev–Trinajstić information content (AvgIpc) is 3.08. The molecule has 1 aliphatic carbocycles. The van der Waals surface area contributed by atoms with Crippen molar-refractivity contribution in [2.45, 2.75) is 37.5 Å². The van der Waals surface area contributed by atoms with Gasteiger partial charge in [-0.3, -0.25) is 0 Å². The molecule has 3 heterocycles. The zero-order valence-corrected chi connectivity index (χ0v) is 15.4. The van der Waals surface area contributed by atoms with Gasteiger partial charge in [-0.15, -0.1) is 0 Å². The molecule has 0 bridgehead atoms. The first-order valence-electron chi connectivity index (χ1n) is 8.69. The number of pyridine rings is 1. The highest BCUT2D eigenvalue weighted by Gasteiger charge is 2.32. The van der Waals surface area contributed by atoms with Gasteiger partial charge in [0, 0.05) is 30.5 Å². The van der Waals surface area contributed by atoms with Crippen LogP contribution in [0.15, 0.2) is 24.7 Å². The van der Waals surface area contributed by atoms with E-state index in [0.717, 1.165) is 24.4 Å². The number of H-pyrrole nitrogens is 1. The highest BCUT2D eigenvalue weighted by Crippen LogP contribution is 2.29. The fourth-order valence-electron chi connectivity index (χ4n) is 3.49. The number of ether oxygens (including phenoxy) is 1. The lowest BCUT2D eigenvalue weighted by Crippen LogP contribution is -2.46. The van der Waals surface area contributed by atoms with E-state index >= 15 is 0 Å². The van der Waals surface area contributed by atoms with E-state index in [-0.39, 0.29) is 18.0 Å². The maximum atomic E-state index is 14.3. The number of nitrogens with zero attached hydrogens (tertiary/aromatic N) is 3. The summed E-state index contributed by atoms with van der Waals surface area (Å²) in [6.45, 7) is 0. The number of rotatable bonds is 4. The molecule has 0 aliphatic heterocycles. The Kier molecular flexibility index (Phi) is 4.94. The summed E-state index contributed by atoms with van der Waals surface area (Å²) in [5.74, 6) is -0.200. The van der Waals surface area contributed by atoms with E-state index in [1.54, 1.807) is 25.6 Å². The molecule has 1 aliphatic rings. The molecule has 3 aromatic heterocycles. The van der Waals surface area contributed by atoms with Crippen LogP contribution in [0.1, 0.15) is 19.3 Å². The molecule has 7 nitrogen and oxygen atoms in total. The van der Waals surface area contributed by atoms with Crippen molar-refractivity contribution in [3.63, 3.8) is 0 Å². The predicted molar refractivity (Wildman–Crippen MR) is 100 cm³/mol. The normalized spacial score (nSPS) is 22.9. The topological polar surface area (TPSA) is 96.0 Å². The van der Waals surface area contributed by atoms with Gasteiger partial charge in [0.25, 0.3) is 0 Å². The molecule has 0 unspecified atom stereocenters. The first kappa shape index (κ1) is 18.1. The van der Waals surface area contributed by atoms with Gasteiger partial charge in [0.1, 0.15) is 11.8 Å². The number of aliphatic hydroxyl groups is 1. The number of aromatic amines is 1. The third-order valence-electron chi connectivity index (χ3n) is 4.90. The summed E-state index contributed by atoms with van der Waals surface area (Å²) in [5, 5.41) is 14.7. The smallest absolute Gasteiger partial charge is 0.183 e. The van der Waals surface area contributed by atoms with Gasteiger partial charge < -0.3 is 20.1 Å². The van der Waals surface area contributed by atoms with E-state index in [1.165, 1.54) is 0 Å². The summed E-state index contributed by atoms with van der Waals surface area (Å²) >= 11 is 6.03. The standard InChI is InChI=1S/C18H19ClFN5O2/c1-27-14-4-2-3-13(15(14)26)24-18-12(20)8-23-17(25-18)11-7-22-16-10(11)5-9(19)6-21-16/h5-8,13-15,26H,2-4H2,1H3,(H,21,22)(H,23,24,25)/t13-,14+,15+/m1/s1. The number of halogens is 2. The summed E-state index contributed by atoms with van der Waals surface area (Å²) in [6, 6.07) is 1.41. The second-order valence-electron chi connectivity index (χ2n) is 6.59. The van der Waals surface area contributed by atoms with Crippen LogP contribution in [0.4, 0.5) is 10.2 Å². The van der Waals surface area contributed by atoms with Crippen molar-refractivity contribution >= 4 is 28.5 Å². The Balaban J connectivity index is 1.66. The van der Waals surface area contributed by atoms with Crippen LogP contribution in [0.25, 0.3) is 22.4 Å². The molecule has 0 amide bonds. The predicted octanol–water partition coefficient (Wildman–Crippen LogP) is 3.15. The monoisotopic (exact) mass is 391 g/mol. The van der Waals surface area contributed by atoms with Crippen LogP contribution < -0.4 is 5.32 Å². The molecule has 1 fully saturated rings. The van der Waals surface area contributed by atoms with Gasteiger partial charge in [0.15, 0.2) is 17.5 Å². The van der Waals surface area contributed by atoms with Crippen LogP contribution in [-0.4, -0.2) is 50.4 Å². The fourth-order valence-corrected chi connectivity index (χ4v) is 3.65. The third kappa shape index (κ3) is 3.47. The van der Waals surface area contributed by atoms with Crippen molar-refractivity contribution < 1.29 is 14.2 Å². The molecule has 0 radical (unpaired) electrons. The van der Waals surface area contributed by atoms with Crippen molar-refractivity contribution in [2.75, 3.05) is 12.4 Å². The second-order valence-corrected chi connectivity index (χ2v) is 7.03. The number of hydrogen-bond donors (Lipinski definition) is 3. The SMILES string of the molecule is CO[C@H]1CCC[C@@H](Nc2nc(-c3c[nH]c4ncc(Cl)cc34)ncc2F)[C@@H]1O. The first-order chi connectivity index (χ1) is 13.1. The van der Waals surface area contributed by atoms with E-state index in [9.17, 15) is 9.50 Å². The highest BCUT2D eigenvalue weighted by atomic mass is 35.5. The highest BCUT2D eigenvalue weighted by molar-refractivity contribution is 6.31. The van der Waals surface area contributed by atoms with E-state index in [0.29, 0.717) is 28.5 Å². The molecule has 3 aromatic rings. The minimum atomic E-state index is -0.738. The molecule has 142 valence electrons. The van der Waals surface area contributed by atoms with Crippen LogP contribution in [0.3, 0.4) is 0 Å². The van der Waals surface area contributed by atoms with Gasteiger partial charge in [-0.1, -0.05) is 11.6 Å². The zero-order chi connectivity index (χ0) is 19.0. The Morgan fingerprint density at radius 3 is 3.00 bits per heavy atom. The Labute approximate surface area is 160 Å². The van der Waals surface area contributed by atoms with Crippen LogP contribution in [0.2, 0.25) is 5.02 Å². The minimum absolute atomic E-state index is 0.0464. The minimum Gasteiger partial charge on any atom is -0.388 e. The van der Waals surface area contributed by atoms with E-state index in [1.807, 2.05) is 0 Å². The van der Waals surface area contributed by atoms with Crippen LogP contribution in [0.5, 0.6) is 0 Å². The van der Waals surface area contributed by atoms with Gasteiger partial charge in [-0.2, -0.15) is 0 Å². The molecule has 27 heavy (non-hydrogen) atoms. The maximum absolute atomic E-state index is 14.3. The van der Waals surface area contributed by atoms with Crippen molar-refractivity contribution in [1.82, 2.24) is 19.9 Å². The number of methoxy groups -OCH3 is 1. The molecule has 3 N–H and O–H groups in total. The number of anilines is 1. The number of nitrogens with one attached hydrogen (secondary N) is 2. The largest absolute Gasteiger partial charge is 0.388 e. The summed E-state index contributed by atoms with van der Waals surface area (Å²) in [5.41, 5.74) is 1.31. The number of aliphatic hydroxyl groups excluding tert-OH is 1. The third-order valence-corrected chi connectivity index (χ3v) is 5.11. The molecule has 3 atom stereocenters. The van der Waals surface area contributed by atoms with Crippen molar-refractivity contribution in [3.8, 4) is 11.4 Å². The molecule has 1 saturated carbocycles. The lowest BCUT2D eigenvalue weighted by atomic mass is 9.90. The van der Waals surface area contributed by atoms with Crippen molar-refractivity contribution in [2.24, 2.45) is 0 Å². The molecule has 0 aromatic carbocycles.